The standard InChI is InChI=1S/C9H12N2OS.C2HF3O2/c1-5-2-3-6-7(4-5)13-9(11-6)8(10)12;3-2(4,5)1(6)7/h5H,2-4H2,1H3,(H2,10,12);(H,6,7). The molecule has 0 fully saturated rings. The molecule has 0 aliphatic heterocycles. The Bertz CT molecular complexity index is 514. The first-order valence-corrected chi connectivity index (χ1v) is 6.51. The molecule has 1 aromatic heterocycles. The van der Waals surface area contributed by atoms with Gasteiger partial charge in [-0.1, -0.05) is 6.92 Å². The molecule has 1 amide bonds. The summed E-state index contributed by atoms with van der Waals surface area (Å²) in [5.74, 6) is -2.44. The molecule has 3 N–H and O–H groups in total. The topological polar surface area (TPSA) is 93.3 Å². The lowest BCUT2D eigenvalue weighted by Crippen LogP contribution is -2.21. The van der Waals surface area contributed by atoms with Crippen LogP contribution in [0.15, 0.2) is 0 Å². The highest BCUT2D eigenvalue weighted by Gasteiger charge is 2.38. The van der Waals surface area contributed by atoms with Gasteiger partial charge < -0.3 is 10.8 Å². The summed E-state index contributed by atoms with van der Waals surface area (Å²) in [6.07, 6.45) is -1.85. The van der Waals surface area contributed by atoms with Gasteiger partial charge in [-0.15, -0.1) is 11.3 Å². The summed E-state index contributed by atoms with van der Waals surface area (Å²) in [6.45, 7) is 2.23. The van der Waals surface area contributed by atoms with E-state index < -0.39 is 18.1 Å². The number of halogens is 3. The Balaban J connectivity index is 0.000000246. The molecule has 5 nitrogen and oxygen atoms in total. The first kappa shape index (κ1) is 16.4. The summed E-state index contributed by atoms with van der Waals surface area (Å²) in [5, 5.41) is 7.60. The molecule has 0 radical (unpaired) electrons. The Morgan fingerprint density at radius 2 is 2.00 bits per heavy atom. The van der Waals surface area contributed by atoms with Gasteiger partial charge in [0, 0.05) is 4.88 Å². The van der Waals surface area contributed by atoms with E-state index in [-0.39, 0.29) is 0 Å². The number of alkyl halides is 3. The van der Waals surface area contributed by atoms with Gasteiger partial charge >= 0.3 is 12.1 Å². The highest BCUT2D eigenvalue weighted by molar-refractivity contribution is 7.13. The number of nitrogens with two attached hydrogens (primary N) is 1. The molecule has 0 saturated carbocycles. The van der Waals surface area contributed by atoms with E-state index in [1.807, 2.05) is 0 Å². The highest BCUT2D eigenvalue weighted by Crippen LogP contribution is 2.29. The van der Waals surface area contributed by atoms with Crippen molar-refractivity contribution in [2.24, 2.45) is 11.7 Å². The van der Waals surface area contributed by atoms with Gasteiger partial charge in [-0.3, -0.25) is 4.79 Å². The highest BCUT2D eigenvalue weighted by atomic mass is 32.1. The van der Waals surface area contributed by atoms with Crippen molar-refractivity contribution in [2.75, 3.05) is 0 Å². The van der Waals surface area contributed by atoms with Crippen LogP contribution < -0.4 is 5.73 Å². The third-order valence-electron chi connectivity index (χ3n) is 2.64. The first-order valence-electron chi connectivity index (χ1n) is 5.69. The maximum atomic E-state index is 10.9. The zero-order chi connectivity index (χ0) is 15.5. The smallest absolute Gasteiger partial charge is 0.475 e. The van der Waals surface area contributed by atoms with Crippen LogP contribution in [0.1, 0.15) is 33.7 Å². The number of aliphatic carboxylic acids is 1. The van der Waals surface area contributed by atoms with Crippen molar-refractivity contribution in [2.45, 2.75) is 32.4 Å². The van der Waals surface area contributed by atoms with Gasteiger partial charge in [0.2, 0.25) is 0 Å². The molecule has 2 rings (SSSR count). The van der Waals surface area contributed by atoms with Gasteiger partial charge in [0.25, 0.3) is 5.91 Å². The third-order valence-corrected chi connectivity index (χ3v) is 3.77. The molecule has 0 aromatic carbocycles. The van der Waals surface area contributed by atoms with E-state index >= 15 is 0 Å². The van der Waals surface area contributed by atoms with Gasteiger partial charge in [0.15, 0.2) is 5.01 Å². The molecule has 1 heterocycles. The van der Waals surface area contributed by atoms with E-state index in [2.05, 4.69) is 11.9 Å². The first-order chi connectivity index (χ1) is 9.11. The van der Waals surface area contributed by atoms with Crippen LogP contribution in [0.5, 0.6) is 0 Å². The fourth-order valence-electron chi connectivity index (χ4n) is 1.65. The molecule has 9 heteroatoms. The zero-order valence-corrected chi connectivity index (χ0v) is 11.3. The van der Waals surface area contributed by atoms with Crippen molar-refractivity contribution in [3.63, 3.8) is 0 Å². The lowest BCUT2D eigenvalue weighted by molar-refractivity contribution is -0.192. The average Bonchev–Trinajstić information content (AvgIpc) is 2.71. The Morgan fingerprint density at radius 1 is 1.45 bits per heavy atom. The number of hydrogen-bond donors (Lipinski definition) is 2. The number of nitrogens with zero attached hydrogens (tertiary/aromatic N) is 1. The molecule has 112 valence electrons. The van der Waals surface area contributed by atoms with Gasteiger partial charge in [-0.2, -0.15) is 13.2 Å². The van der Waals surface area contributed by atoms with Crippen LogP contribution in [0.2, 0.25) is 0 Å². The lowest BCUT2D eigenvalue weighted by Gasteiger charge is -2.15. The van der Waals surface area contributed by atoms with Crippen molar-refractivity contribution in [3.05, 3.63) is 15.6 Å². The second-order valence-electron chi connectivity index (χ2n) is 4.40. The predicted octanol–water partition coefficient (Wildman–Crippen LogP) is 2.00. The summed E-state index contributed by atoms with van der Waals surface area (Å²) in [7, 11) is 0. The third kappa shape index (κ3) is 4.48. The number of primary amides is 1. The summed E-state index contributed by atoms with van der Waals surface area (Å²) in [5.41, 5.74) is 6.26. The molecular weight excluding hydrogens is 297 g/mol. The van der Waals surface area contributed by atoms with Crippen LogP contribution in [0.4, 0.5) is 13.2 Å². The minimum atomic E-state index is -5.08. The molecule has 1 unspecified atom stereocenters. The maximum absolute atomic E-state index is 10.9. The SMILES string of the molecule is CC1CCc2nc(C(N)=O)sc2C1.O=C(O)C(F)(F)F. The zero-order valence-electron chi connectivity index (χ0n) is 10.5. The molecule has 1 atom stereocenters. The summed E-state index contributed by atoms with van der Waals surface area (Å²) >= 11 is 1.46. The Labute approximate surface area is 116 Å². The number of thiazole rings is 1. The molecule has 1 aliphatic carbocycles. The predicted molar refractivity (Wildman–Crippen MR) is 65.5 cm³/mol. The second-order valence-corrected chi connectivity index (χ2v) is 5.49. The largest absolute Gasteiger partial charge is 0.490 e. The number of aryl methyl sites for hydroxylation is 1. The monoisotopic (exact) mass is 310 g/mol. The van der Waals surface area contributed by atoms with E-state index in [1.165, 1.54) is 22.6 Å². The Kier molecular flexibility index (Phi) is 5.09. The summed E-state index contributed by atoms with van der Waals surface area (Å²) in [6, 6.07) is 0. The van der Waals surface area contributed by atoms with E-state index in [0.717, 1.165) is 18.5 Å². The molecule has 0 saturated heterocycles. The Hall–Kier alpha value is -1.64. The van der Waals surface area contributed by atoms with Gasteiger partial charge in [-0.05, 0) is 25.2 Å². The number of hydrogen-bond acceptors (Lipinski definition) is 4. The molecule has 0 spiro atoms. The lowest BCUT2D eigenvalue weighted by atomic mass is 9.93. The fraction of sp³-hybridized carbons (Fsp3) is 0.545. The van der Waals surface area contributed by atoms with Crippen molar-refractivity contribution in [1.82, 2.24) is 4.98 Å². The number of carbonyl (C=O) groups is 2. The van der Waals surface area contributed by atoms with Crippen LogP contribution in [0.25, 0.3) is 0 Å². The van der Waals surface area contributed by atoms with Crippen molar-refractivity contribution < 1.29 is 27.9 Å². The number of amides is 1. The van der Waals surface area contributed by atoms with Crippen LogP contribution in [-0.2, 0) is 17.6 Å². The minimum absolute atomic E-state index is 0.396. The van der Waals surface area contributed by atoms with E-state index in [9.17, 15) is 18.0 Å². The van der Waals surface area contributed by atoms with E-state index in [4.69, 9.17) is 15.6 Å². The quantitative estimate of drug-likeness (QED) is 0.829. The molecule has 0 bridgehead atoms. The van der Waals surface area contributed by atoms with Crippen molar-refractivity contribution >= 4 is 23.2 Å². The van der Waals surface area contributed by atoms with Crippen LogP contribution in [0, 0.1) is 5.92 Å². The van der Waals surface area contributed by atoms with Gasteiger partial charge in [-0.25, -0.2) is 9.78 Å². The fourth-order valence-corrected chi connectivity index (χ4v) is 2.77. The number of rotatable bonds is 1. The van der Waals surface area contributed by atoms with Gasteiger partial charge in [0.05, 0.1) is 5.69 Å². The normalized spacial score (nSPS) is 17.7. The van der Waals surface area contributed by atoms with Crippen molar-refractivity contribution in [1.29, 1.82) is 0 Å². The van der Waals surface area contributed by atoms with Crippen LogP contribution in [0.3, 0.4) is 0 Å². The van der Waals surface area contributed by atoms with E-state index in [0.29, 0.717) is 10.9 Å². The van der Waals surface area contributed by atoms with Crippen LogP contribution >= 0.6 is 11.3 Å². The average molecular weight is 310 g/mol. The summed E-state index contributed by atoms with van der Waals surface area (Å²) < 4.78 is 31.7. The number of fused-ring (bicyclic) bond motifs is 1. The molecule has 20 heavy (non-hydrogen) atoms. The van der Waals surface area contributed by atoms with Crippen molar-refractivity contribution in [3.8, 4) is 0 Å². The van der Waals surface area contributed by atoms with E-state index in [1.54, 1.807) is 0 Å². The number of carbonyl (C=O) groups excluding carboxylic acids is 1. The molecule has 1 aromatic rings. The molecular formula is C11H13F3N2O3S. The number of aromatic nitrogens is 1. The number of carboxylic acids is 1. The number of carboxylic acid groups (broad SMARTS) is 1. The molecule has 1 aliphatic rings. The summed E-state index contributed by atoms with van der Waals surface area (Å²) in [4.78, 5) is 25.3. The van der Waals surface area contributed by atoms with Crippen LogP contribution in [-0.4, -0.2) is 28.1 Å². The van der Waals surface area contributed by atoms with Gasteiger partial charge in [0.1, 0.15) is 0 Å². The minimum Gasteiger partial charge on any atom is -0.475 e. The maximum Gasteiger partial charge on any atom is 0.490 e. The second kappa shape index (κ2) is 6.21. The Morgan fingerprint density at radius 3 is 2.45 bits per heavy atom.